The van der Waals surface area contributed by atoms with E-state index < -0.39 is 41.8 Å². The number of likely N-dealkylation sites (tertiary alicyclic amines) is 1. The van der Waals surface area contributed by atoms with Crippen molar-refractivity contribution in [2.75, 3.05) is 18.4 Å². The van der Waals surface area contributed by atoms with Gasteiger partial charge < -0.3 is 26.2 Å². The number of hydrogen-bond acceptors (Lipinski definition) is 5. The summed E-state index contributed by atoms with van der Waals surface area (Å²) < 4.78 is 0. The third-order valence-electron chi connectivity index (χ3n) is 8.18. The highest BCUT2D eigenvalue weighted by molar-refractivity contribution is 6.38. The second-order valence-corrected chi connectivity index (χ2v) is 11.9. The summed E-state index contributed by atoms with van der Waals surface area (Å²) in [6, 6.07) is 11.3. The second-order valence-electron chi connectivity index (χ2n) is 11.9. The SMILES string of the molecule is C#Cc1ccc(NC(=O)N[C@H](C(=O)N2CCC[C@H]2C(=O)NC(CCC=C)C(=O)C(=O)NCC=C)C2Cc3ccccc3C2)cc1.CCC. The fourth-order valence-electron chi connectivity index (χ4n) is 5.88. The normalized spacial score (nSPS) is 16.1. The molecular weight excluding hydrogens is 606 g/mol. The van der Waals surface area contributed by atoms with Gasteiger partial charge in [-0.3, -0.25) is 19.2 Å². The monoisotopic (exact) mass is 653 g/mol. The van der Waals surface area contributed by atoms with Gasteiger partial charge in [-0.25, -0.2) is 4.79 Å². The van der Waals surface area contributed by atoms with E-state index in [1.54, 1.807) is 30.3 Å². The summed E-state index contributed by atoms with van der Waals surface area (Å²) in [7, 11) is 0. The Labute approximate surface area is 283 Å². The molecule has 0 saturated carbocycles. The molecule has 0 aromatic heterocycles. The quantitative estimate of drug-likeness (QED) is 0.145. The van der Waals surface area contributed by atoms with Crippen LogP contribution in [-0.2, 0) is 32.0 Å². The predicted molar refractivity (Wildman–Crippen MR) is 188 cm³/mol. The molecule has 1 aliphatic heterocycles. The molecule has 2 aromatic carbocycles. The fraction of sp³-hybridized carbons (Fsp3) is 0.395. The molecule has 1 unspecified atom stereocenters. The van der Waals surface area contributed by atoms with Gasteiger partial charge in [0.05, 0.1) is 6.04 Å². The number of hydrogen-bond donors (Lipinski definition) is 4. The topological polar surface area (TPSA) is 137 Å². The lowest BCUT2D eigenvalue weighted by atomic mass is 9.94. The van der Waals surface area contributed by atoms with Crippen LogP contribution in [0.15, 0.2) is 73.8 Å². The average Bonchev–Trinajstić information content (AvgIpc) is 3.76. The lowest BCUT2D eigenvalue weighted by Gasteiger charge is -2.32. The highest BCUT2D eigenvalue weighted by Crippen LogP contribution is 2.31. The van der Waals surface area contributed by atoms with E-state index in [0.29, 0.717) is 49.9 Å². The number of carbonyl (C=O) groups is 5. The first-order valence-electron chi connectivity index (χ1n) is 16.5. The maximum atomic E-state index is 14.2. The van der Waals surface area contributed by atoms with E-state index in [0.717, 1.165) is 11.1 Å². The molecule has 2 aliphatic rings. The summed E-state index contributed by atoms with van der Waals surface area (Å²) in [6.45, 7) is 11.9. The maximum absolute atomic E-state index is 14.2. The van der Waals surface area contributed by atoms with Gasteiger partial charge in [0.25, 0.3) is 5.91 Å². The number of Topliss-reactive ketones (excluding diaryl/α,β-unsaturated/α-hetero) is 1. The van der Waals surface area contributed by atoms with Gasteiger partial charge in [0, 0.05) is 24.3 Å². The van der Waals surface area contributed by atoms with E-state index in [1.165, 1.54) is 17.4 Å². The molecule has 1 fully saturated rings. The second kappa shape index (κ2) is 18.8. The van der Waals surface area contributed by atoms with Crippen molar-refractivity contribution in [1.82, 2.24) is 20.9 Å². The van der Waals surface area contributed by atoms with Crippen LogP contribution in [0.1, 0.15) is 62.6 Å². The number of nitrogens with one attached hydrogen (secondary N) is 4. The number of carbonyl (C=O) groups excluding carboxylic acids is 5. The van der Waals surface area contributed by atoms with Crippen molar-refractivity contribution in [2.24, 2.45) is 5.92 Å². The standard InChI is InChI=1S/C35H39N5O5.C3H8/c1-4-7-13-28(31(41)33(43)36-19-5-2)38-32(42)29-14-10-20-40(29)34(44)30(26-21-24-11-8-9-12-25(24)22-26)39-35(45)37-27-17-15-23(6-3)16-18-27;1-3-2/h3-5,8-9,11-12,15-18,26,28-30H,1-2,7,10,13-14,19-22H2,(H,36,43)(H,38,42)(H2,37,39,45);3H2,1-2H3/t28?,29-,30-;/m0./s1. The lowest BCUT2D eigenvalue weighted by Crippen LogP contribution is -2.58. The third-order valence-corrected chi connectivity index (χ3v) is 8.18. The largest absolute Gasteiger partial charge is 0.346 e. The number of nitrogens with zero attached hydrogens (tertiary/aromatic N) is 1. The van der Waals surface area contributed by atoms with E-state index in [-0.39, 0.29) is 24.8 Å². The molecule has 1 aliphatic carbocycles. The molecule has 4 rings (SSSR count). The van der Waals surface area contributed by atoms with Gasteiger partial charge in [-0.1, -0.05) is 62.6 Å². The lowest BCUT2D eigenvalue weighted by molar-refractivity contribution is -0.143. The molecule has 1 heterocycles. The number of ketones is 1. The van der Waals surface area contributed by atoms with E-state index >= 15 is 0 Å². The van der Waals surface area contributed by atoms with Crippen molar-refractivity contribution in [3.63, 3.8) is 0 Å². The fourth-order valence-corrected chi connectivity index (χ4v) is 5.88. The Morgan fingerprint density at radius 3 is 2.21 bits per heavy atom. The van der Waals surface area contributed by atoms with Crippen molar-refractivity contribution in [3.8, 4) is 12.3 Å². The van der Waals surface area contributed by atoms with Gasteiger partial charge in [0.2, 0.25) is 17.6 Å². The van der Waals surface area contributed by atoms with Crippen LogP contribution in [0.2, 0.25) is 0 Å². The number of amides is 5. The average molecular weight is 654 g/mol. The molecule has 10 nitrogen and oxygen atoms in total. The minimum Gasteiger partial charge on any atom is -0.346 e. The molecular formula is C38H47N5O5. The van der Waals surface area contributed by atoms with Crippen molar-refractivity contribution >= 4 is 35.2 Å². The molecule has 254 valence electrons. The number of benzene rings is 2. The van der Waals surface area contributed by atoms with Crippen LogP contribution in [0, 0.1) is 18.3 Å². The molecule has 2 aromatic rings. The predicted octanol–water partition coefficient (Wildman–Crippen LogP) is 4.30. The minimum absolute atomic E-state index is 0.112. The Morgan fingerprint density at radius 1 is 0.979 bits per heavy atom. The molecule has 0 radical (unpaired) electrons. The molecule has 10 heteroatoms. The number of rotatable bonds is 13. The zero-order valence-corrected chi connectivity index (χ0v) is 27.9. The van der Waals surface area contributed by atoms with Gasteiger partial charge in [0.15, 0.2) is 0 Å². The number of anilines is 1. The first-order chi connectivity index (χ1) is 23.2. The molecule has 0 bridgehead atoms. The summed E-state index contributed by atoms with van der Waals surface area (Å²) in [5.41, 5.74) is 3.41. The van der Waals surface area contributed by atoms with E-state index in [2.05, 4.69) is 54.2 Å². The molecule has 1 saturated heterocycles. The summed E-state index contributed by atoms with van der Waals surface area (Å²) in [4.78, 5) is 67.7. The summed E-state index contributed by atoms with van der Waals surface area (Å²) in [5.74, 6) is -0.205. The summed E-state index contributed by atoms with van der Waals surface area (Å²) in [5, 5.41) is 10.8. The summed E-state index contributed by atoms with van der Waals surface area (Å²) >= 11 is 0. The first kappa shape index (κ1) is 37.3. The van der Waals surface area contributed by atoms with Crippen LogP contribution in [0.25, 0.3) is 0 Å². The zero-order chi connectivity index (χ0) is 35.1. The van der Waals surface area contributed by atoms with E-state index in [4.69, 9.17) is 6.42 Å². The highest BCUT2D eigenvalue weighted by Gasteiger charge is 2.42. The Kier molecular flexibility index (Phi) is 14.6. The van der Waals surface area contributed by atoms with Gasteiger partial charge in [-0.2, -0.15) is 0 Å². The van der Waals surface area contributed by atoms with Crippen molar-refractivity contribution in [3.05, 3.63) is 90.5 Å². The highest BCUT2D eigenvalue weighted by atomic mass is 16.2. The number of urea groups is 1. The Bertz CT molecular complexity index is 1490. The van der Waals surface area contributed by atoms with Gasteiger partial charge in [-0.05, 0) is 79.8 Å². The molecule has 4 N–H and O–H groups in total. The van der Waals surface area contributed by atoms with E-state index in [1.807, 2.05) is 24.3 Å². The third kappa shape index (κ3) is 10.2. The smallest absolute Gasteiger partial charge is 0.319 e. The van der Waals surface area contributed by atoms with Crippen LogP contribution in [0.5, 0.6) is 0 Å². The molecule has 0 spiro atoms. The maximum Gasteiger partial charge on any atom is 0.319 e. The van der Waals surface area contributed by atoms with Crippen molar-refractivity contribution in [2.45, 2.75) is 76.9 Å². The number of allylic oxidation sites excluding steroid dienone is 1. The van der Waals surface area contributed by atoms with Crippen LogP contribution < -0.4 is 21.3 Å². The Morgan fingerprint density at radius 2 is 1.62 bits per heavy atom. The zero-order valence-electron chi connectivity index (χ0n) is 27.9. The van der Waals surface area contributed by atoms with Crippen LogP contribution in [-0.4, -0.2) is 65.7 Å². The minimum atomic E-state index is -1.08. The summed E-state index contributed by atoms with van der Waals surface area (Å²) in [6.07, 6.45) is 12.4. The Balaban J connectivity index is 0.00000201. The van der Waals surface area contributed by atoms with E-state index in [9.17, 15) is 24.0 Å². The van der Waals surface area contributed by atoms with Crippen LogP contribution >= 0.6 is 0 Å². The number of terminal acetylenes is 1. The van der Waals surface area contributed by atoms with Crippen molar-refractivity contribution in [1.29, 1.82) is 0 Å². The molecule has 48 heavy (non-hydrogen) atoms. The molecule has 3 atom stereocenters. The van der Waals surface area contributed by atoms with Crippen LogP contribution in [0.3, 0.4) is 0 Å². The first-order valence-corrected chi connectivity index (χ1v) is 16.5. The van der Waals surface area contributed by atoms with Gasteiger partial charge >= 0.3 is 6.03 Å². The van der Waals surface area contributed by atoms with Gasteiger partial charge in [0.1, 0.15) is 12.1 Å². The van der Waals surface area contributed by atoms with Gasteiger partial charge in [-0.15, -0.1) is 19.6 Å². The van der Waals surface area contributed by atoms with Crippen LogP contribution in [0.4, 0.5) is 10.5 Å². The Hall–Kier alpha value is -5.17. The van der Waals surface area contributed by atoms with Crippen molar-refractivity contribution < 1.29 is 24.0 Å². The number of fused-ring (bicyclic) bond motifs is 1. The molecule has 5 amide bonds.